The van der Waals surface area contributed by atoms with Gasteiger partial charge in [-0.3, -0.25) is 10.1 Å². The first-order valence-electron chi connectivity index (χ1n) is 4.22. The van der Waals surface area contributed by atoms with Gasteiger partial charge in [0.15, 0.2) is 0 Å². The van der Waals surface area contributed by atoms with Crippen molar-refractivity contribution >= 4 is 17.7 Å². The molecule has 4 heteroatoms. The second-order valence-corrected chi connectivity index (χ2v) is 4.85. The van der Waals surface area contributed by atoms with E-state index in [-0.39, 0.29) is 10.9 Å². The lowest BCUT2D eigenvalue weighted by atomic mass is 10.1. The van der Waals surface area contributed by atoms with Gasteiger partial charge in [-0.05, 0) is 13.3 Å². The summed E-state index contributed by atoms with van der Waals surface area (Å²) in [6.45, 7) is 4.19. The molecule has 1 aliphatic heterocycles. The highest BCUT2D eigenvalue weighted by Gasteiger charge is 2.37. The fourth-order valence-electron chi connectivity index (χ4n) is 1.47. The van der Waals surface area contributed by atoms with Gasteiger partial charge in [0.25, 0.3) is 0 Å². The molecular formula is C8H15NO2S. The molecule has 0 aliphatic carbocycles. The molecule has 2 N–H and O–H groups in total. The van der Waals surface area contributed by atoms with E-state index in [1.165, 1.54) is 0 Å². The molecule has 1 rings (SSSR count). The number of carboxylic acids is 1. The maximum absolute atomic E-state index is 10.6. The monoisotopic (exact) mass is 189 g/mol. The summed E-state index contributed by atoms with van der Waals surface area (Å²) >= 11 is 1.71. The standard InChI is InChI=1S/C8H15NO2S/c1-3-4-8(2)9-6(5-12-8)7(10)11/h6,9H,3-5H2,1-2H3,(H,10,11). The van der Waals surface area contributed by atoms with Crippen molar-refractivity contribution in [3.05, 3.63) is 0 Å². The molecular weight excluding hydrogens is 174 g/mol. The van der Waals surface area contributed by atoms with E-state index in [9.17, 15) is 4.79 Å². The van der Waals surface area contributed by atoms with Gasteiger partial charge < -0.3 is 5.11 Å². The van der Waals surface area contributed by atoms with Gasteiger partial charge in [-0.25, -0.2) is 0 Å². The highest BCUT2D eigenvalue weighted by atomic mass is 32.2. The maximum atomic E-state index is 10.6. The zero-order chi connectivity index (χ0) is 9.19. The summed E-state index contributed by atoms with van der Waals surface area (Å²) in [7, 11) is 0. The van der Waals surface area contributed by atoms with Gasteiger partial charge in [0.05, 0.1) is 4.87 Å². The van der Waals surface area contributed by atoms with Gasteiger partial charge in [-0.15, -0.1) is 11.8 Å². The van der Waals surface area contributed by atoms with Crippen LogP contribution in [0.3, 0.4) is 0 Å². The third kappa shape index (κ3) is 2.14. The molecule has 2 atom stereocenters. The van der Waals surface area contributed by atoms with Crippen LogP contribution in [0.4, 0.5) is 0 Å². The second kappa shape index (κ2) is 3.66. The summed E-state index contributed by atoms with van der Waals surface area (Å²) in [6.07, 6.45) is 2.12. The van der Waals surface area contributed by atoms with Crippen molar-refractivity contribution < 1.29 is 9.90 Å². The molecule has 1 fully saturated rings. The molecule has 0 aromatic heterocycles. The lowest BCUT2D eigenvalue weighted by Crippen LogP contribution is -2.43. The lowest BCUT2D eigenvalue weighted by molar-refractivity contribution is -0.138. The molecule has 0 aromatic rings. The van der Waals surface area contributed by atoms with E-state index in [0.717, 1.165) is 12.8 Å². The van der Waals surface area contributed by atoms with Crippen LogP contribution in [0.2, 0.25) is 0 Å². The summed E-state index contributed by atoms with van der Waals surface area (Å²) in [4.78, 5) is 10.6. The highest BCUT2D eigenvalue weighted by Crippen LogP contribution is 2.33. The van der Waals surface area contributed by atoms with E-state index in [1.807, 2.05) is 0 Å². The first-order chi connectivity index (χ1) is 5.57. The van der Waals surface area contributed by atoms with Crippen LogP contribution in [-0.4, -0.2) is 27.7 Å². The predicted octanol–water partition coefficient (Wildman–Crippen LogP) is 1.29. The molecule has 0 bridgehead atoms. The van der Waals surface area contributed by atoms with Crippen molar-refractivity contribution in [2.75, 3.05) is 5.75 Å². The number of carboxylic acid groups (broad SMARTS) is 1. The van der Waals surface area contributed by atoms with E-state index in [1.54, 1.807) is 11.8 Å². The lowest BCUT2D eigenvalue weighted by Gasteiger charge is -2.23. The van der Waals surface area contributed by atoms with Crippen LogP contribution in [0.15, 0.2) is 0 Å². The minimum atomic E-state index is -0.734. The van der Waals surface area contributed by atoms with Crippen LogP contribution in [0, 0.1) is 0 Å². The number of hydrogen-bond donors (Lipinski definition) is 2. The molecule has 3 nitrogen and oxygen atoms in total. The number of nitrogens with one attached hydrogen (secondary N) is 1. The third-order valence-electron chi connectivity index (χ3n) is 2.07. The molecule has 0 spiro atoms. The number of aliphatic carboxylic acids is 1. The Morgan fingerprint density at radius 3 is 2.92 bits per heavy atom. The number of hydrogen-bond acceptors (Lipinski definition) is 3. The Hall–Kier alpha value is -0.220. The zero-order valence-electron chi connectivity index (χ0n) is 7.46. The molecule has 0 aromatic carbocycles. The average Bonchev–Trinajstić information content (AvgIpc) is 2.33. The maximum Gasteiger partial charge on any atom is 0.321 e. The van der Waals surface area contributed by atoms with Gasteiger partial charge in [-0.1, -0.05) is 13.3 Å². The van der Waals surface area contributed by atoms with E-state index >= 15 is 0 Å². The minimum absolute atomic E-state index is 0.0161. The topological polar surface area (TPSA) is 49.3 Å². The Labute approximate surface area is 76.9 Å². The number of rotatable bonds is 3. The summed E-state index contributed by atoms with van der Waals surface area (Å²) in [6, 6.07) is -0.355. The van der Waals surface area contributed by atoms with E-state index in [4.69, 9.17) is 5.11 Å². The van der Waals surface area contributed by atoms with Crippen molar-refractivity contribution in [2.24, 2.45) is 0 Å². The van der Waals surface area contributed by atoms with Gasteiger partial charge in [0.1, 0.15) is 6.04 Å². The van der Waals surface area contributed by atoms with Crippen LogP contribution in [0.1, 0.15) is 26.7 Å². The second-order valence-electron chi connectivity index (χ2n) is 3.33. The first kappa shape index (κ1) is 9.86. The van der Waals surface area contributed by atoms with Crippen molar-refractivity contribution in [3.63, 3.8) is 0 Å². The number of carbonyl (C=O) groups is 1. The van der Waals surface area contributed by atoms with E-state index < -0.39 is 5.97 Å². The molecule has 0 amide bonds. The first-order valence-corrected chi connectivity index (χ1v) is 5.20. The van der Waals surface area contributed by atoms with Gasteiger partial charge in [-0.2, -0.15) is 0 Å². The van der Waals surface area contributed by atoms with Crippen LogP contribution >= 0.6 is 11.8 Å². The summed E-state index contributed by atoms with van der Waals surface area (Å²) in [5.74, 6) is -0.0476. The normalized spacial score (nSPS) is 35.3. The molecule has 0 saturated carbocycles. The van der Waals surface area contributed by atoms with Crippen molar-refractivity contribution in [1.29, 1.82) is 0 Å². The Balaban J connectivity index is 2.48. The predicted molar refractivity (Wildman–Crippen MR) is 50.3 cm³/mol. The van der Waals surface area contributed by atoms with Crippen LogP contribution in [0.5, 0.6) is 0 Å². The quantitative estimate of drug-likeness (QED) is 0.702. The fraction of sp³-hybridized carbons (Fsp3) is 0.875. The number of thioether (sulfide) groups is 1. The SMILES string of the molecule is CCCC1(C)NC(C(=O)O)CS1. The van der Waals surface area contributed by atoms with Crippen LogP contribution in [0.25, 0.3) is 0 Å². The van der Waals surface area contributed by atoms with E-state index in [0.29, 0.717) is 5.75 Å². The molecule has 70 valence electrons. The van der Waals surface area contributed by atoms with E-state index in [2.05, 4.69) is 19.2 Å². The van der Waals surface area contributed by atoms with Gasteiger partial charge in [0, 0.05) is 5.75 Å². The molecule has 2 unspecified atom stereocenters. The fourth-order valence-corrected chi connectivity index (χ4v) is 2.81. The minimum Gasteiger partial charge on any atom is -0.480 e. The summed E-state index contributed by atoms with van der Waals surface area (Å²) < 4.78 is 0. The Morgan fingerprint density at radius 2 is 2.50 bits per heavy atom. The average molecular weight is 189 g/mol. The molecule has 12 heavy (non-hydrogen) atoms. The molecule has 1 heterocycles. The third-order valence-corrected chi connectivity index (χ3v) is 3.53. The van der Waals surface area contributed by atoms with Gasteiger partial charge in [0.2, 0.25) is 0 Å². The Kier molecular flexibility index (Phi) is 3.01. The van der Waals surface area contributed by atoms with Crippen LogP contribution < -0.4 is 5.32 Å². The molecule has 1 aliphatic rings. The van der Waals surface area contributed by atoms with Crippen molar-refractivity contribution in [2.45, 2.75) is 37.6 Å². The Bertz CT molecular complexity index is 186. The molecule has 1 saturated heterocycles. The largest absolute Gasteiger partial charge is 0.480 e. The molecule has 0 radical (unpaired) electrons. The van der Waals surface area contributed by atoms with Crippen molar-refractivity contribution in [1.82, 2.24) is 5.32 Å². The highest BCUT2D eigenvalue weighted by molar-refractivity contribution is 8.00. The zero-order valence-corrected chi connectivity index (χ0v) is 8.28. The van der Waals surface area contributed by atoms with Gasteiger partial charge >= 0.3 is 5.97 Å². The van der Waals surface area contributed by atoms with Crippen LogP contribution in [-0.2, 0) is 4.79 Å². The summed E-state index contributed by atoms with van der Waals surface area (Å²) in [5, 5.41) is 11.9. The summed E-state index contributed by atoms with van der Waals surface area (Å²) in [5.41, 5.74) is 0. The van der Waals surface area contributed by atoms with Crippen molar-refractivity contribution in [3.8, 4) is 0 Å². The Morgan fingerprint density at radius 1 is 1.83 bits per heavy atom. The smallest absolute Gasteiger partial charge is 0.321 e.